The molecule has 0 bridgehead atoms. The Morgan fingerprint density at radius 3 is 2.34 bits per heavy atom. The molecule has 5 nitrogen and oxygen atoms in total. The third-order valence-corrected chi connectivity index (χ3v) is 7.82. The number of anilines is 2. The maximum absolute atomic E-state index is 6.62. The van der Waals surface area contributed by atoms with E-state index in [1.807, 2.05) is 37.5 Å². The van der Waals surface area contributed by atoms with Gasteiger partial charge in [-0.2, -0.15) is 0 Å². The SMILES string of the molecule is Cn1c(-c2cc(N3CCN(c4ccc(P(C)C)cn4)CC3)ccc2Cl)nc2ccccc21. The number of aryl methyl sites for hydroxylation is 1. The molecule has 1 fully saturated rings. The molecule has 0 saturated carbocycles. The largest absolute Gasteiger partial charge is 0.368 e. The van der Waals surface area contributed by atoms with Crippen LogP contribution in [0.25, 0.3) is 22.4 Å². The van der Waals surface area contributed by atoms with Crippen LogP contribution in [0.15, 0.2) is 60.8 Å². The van der Waals surface area contributed by atoms with E-state index in [9.17, 15) is 0 Å². The quantitative estimate of drug-likeness (QED) is 0.400. The predicted molar refractivity (Wildman–Crippen MR) is 138 cm³/mol. The van der Waals surface area contributed by atoms with Gasteiger partial charge in [-0.1, -0.05) is 31.7 Å². The highest BCUT2D eigenvalue weighted by molar-refractivity contribution is 7.64. The average Bonchev–Trinajstić information content (AvgIpc) is 3.16. The number of piperazine rings is 1. The topological polar surface area (TPSA) is 37.2 Å². The molecule has 2 aromatic carbocycles. The van der Waals surface area contributed by atoms with Gasteiger partial charge >= 0.3 is 0 Å². The highest BCUT2D eigenvalue weighted by Gasteiger charge is 2.20. The van der Waals surface area contributed by atoms with Gasteiger partial charge in [-0.05, 0) is 61.1 Å². The number of rotatable bonds is 4. The summed E-state index contributed by atoms with van der Waals surface area (Å²) in [5.41, 5.74) is 4.24. The predicted octanol–water partition coefficient (Wildman–Crippen LogP) is 4.98. The molecule has 7 heteroatoms. The summed E-state index contributed by atoms with van der Waals surface area (Å²) in [5.74, 6) is 1.97. The first kappa shape index (κ1) is 21.2. The minimum absolute atomic E-state index is 0.104. The van der Waals surface area contributed by atoms with Crippen LogP contribution in [-0.4, -0.2) is 54.0 Å². The molecule has 0 radical (unpaired) electrons. The number of halogens is 1. The Labute approximate surface area is 195 Å². The lowest BCUT2D eigenvalue weighted by molar-refractivity contribution is 0.647. The van der Waals surface area contributed by atoms with E-state index in [1.54, 1.807) is 0 Å². The van der Waals surface area contributed by atoms with Crippen molar-refractivity contribution in [3.8, 4) is 11.4 Å². The molecule has 3 heterocycles. The number of hydrogen-bond donors (Lipinski definition) is 0. The van der Waals surface area contributed by atoms with Crippen molar-refractivity contribution in [1.29, 1.82) is 0 Å². The van der Waals surface area contributed by atoms with Crippen LogP contribution in [0.1, 0.15) is 0 Å². The molecule has 32 heavy (non-hydrogen) atoms. The number of aromatic nitrogens is 3. The zero-order chi connectivity index (χ0) is 22.2. The smallest absolute Gasteiger partial charge is 0.142 e. The van der Waals surface area contributed by atoms with Crippen LogP contribution in [0.3, 0.4) is 0 Å². The Morgan fingerprint density at radius 1 is 0.906 bits per heavy atom. The van der Waals surface area contributed by atoms with E-state index in [2.05, 4.69) is 58.0 Å². The van der Waals surface area contributed by atoms with E-state index in [0.29, 0.717) is 0 Å². The molecule has 0 N–H and O–H groups in total. The van der Waals surface area contributed by atoms with Crippen molar-refractivity contribution in [3.05, 3.63) is 65.8 Å². The van der Waals surface area contributed by atoms with E-state index >= 15 is 0 Å². The third kappa shape index (κ3) is 3.96. The van der Waals surface area contributed by atoms with Gasteiger partial charge in [0.1, 0.15) is 11.6 Å². The van der Waals surface area contributed by atoms with Crippen LogP contribution in [0.5, 0.6) is 0 Å². The lowest BCUT2D eigenvalue weighted by Crippen LogP contribution is -2.46. The molecule has 164 valence electrons. The third-order valence-electron chi connectivity index (χ3n) is 6.20. The van der Waals surface area contributed by atoms with Crippen molar-refractivity contribution in [2.45, 2.75) is 0 Å². The van der Waals surface area contributed by atoms with Gasteiger partial charge < -0.3 is 14.4 Å². The summed E-state index contributed by atoms with van der Waals surface area (Å²) in [6.45, 7) is 8.31. The summed E-state index contributed by atoms with van der Waals surface area (Å²) in [4.78, 5) is 14.4. The fourth-order valence-corrected chi connectivity index (χ4v) is 5.15. The van der Waals surface area contributed by atoms with Crippen LogP contribution in [0.2, 0.25) is 5.02 Å². The minimum Gasteiger partial charge on any atom is -0.368 e. The molecule has 0 spiro atoms. The summed E-state index contributed by atoms with van der Waals surface area (Å²) >= 11 is 6.62. The molecular weight excluding hydrogens is 437 g/mol. The first-order valence-corrected chi connectivity index (χ1v) is 13.5. The molecule has 0 aliphatic carbocycles. The Balaban J connectivity index is 1.36. The molecule has 0 unspecified atom stereocenters. The van der Waals surface area contributed by atoms with Crippen molar-refractivity contribution >= 4 is 47.4 Å². The molecule has 1 saturated heterocycles. The summed E-state index contributed by atoms with van der Waals surface area (Å²) in [5, 5.41) is 2.07. The monoisotopic (exact) mass is 463 g/mol. The van der Waals surface area contributed by atoms with Crippen molar-refractivity contribution in [1.82, 2.24) is 14.5 Å². The van der Waals surface area contributed by atoms with Crippen molar-refractivity contribution in [2.24, 2.45) is 7.05 Å². The Hall–Kier alpha value is -2.62. The summed E-state index contributed by atoms with van der Waals surface area (Å²) < 4.78 is 2.12. The van der Waals surface area contributed by atoms with Gasteiger partial charge in [0, 0.05) is 50.7 Å². The minimum atomic E-state index is -0.104. The van der Waals surface area contributed by atoms with Gasteiger partial charge in [0.15, 0.2) is 0 Å². The average molecular weight is 464 g/mol. The van der Waals surface area contributed by atoms with Crippen LogP contribution in [0, 0.1) is 0 Å². The van der Waals surface area contributed by atoms with Gasteiger partial charge in [-0.25, -0.2) is 9.97 Å². The second-order valence-electron chi connectivity index (χ2n) is 8.39. The summed E-state index contributed by atoms with van der Waals surface area (Å²) in [6.07, 6.45) is 2.04. The van der Waals surface area contributed by atoms with Crippen molar-refractivity contribution in [2.75, 3.05) is 49.3 Å². The standard InChI is InChI=1S/C25H27ClN5P/c1-29-23-7-5-4-6-22(23)28-25(29)20-16-18(8-10-21(20)26)30-12-14-31(15-13-30)24-11-9-19(17-27-24)32(2)3/h4-11,16-17H,12-15H2,1-3H3. The number of nitrogens with zero attached hydrogens (tertiary/aromatic N) is 5. The van der Waals surface area contributed by atoms with Gasteiger partial charge in [-0.15, -0.1) is 0 Å². The second kappa shape index (κ2) is 8.73. The Kier molecular flexibility index (Phi) is 5.79. The molecule has 4 aromatic rings. The molecule has 2 aromatic heterocycles. The Morgan fingerprint density at radius 2 is 1.66 bits per heavy atom. The van der Waals surface area contributed by atoms with E-state index in [-0.39, 0.29) is 7.92 Å². The van der Waals surface area contributed by atoms with E-state index < -0.39 is 0 Å². The number of pyridine rings is 1. The first-order valence-electron chi connectivity index (χ1n) is 10.9. The fourth-order valence-electron chi connectivity index (χ4n) is 4.29. The lowest BCUT2D eigenvalue weighted by Gasteiger charge is -2.37. The molecule has 5 rings (SSSR count). The lowest BCUT2D eigenvalue weighted by atomic mass is 10.1. The van der Waals surface area contributed by atoms with Gasteiger partial charge in [0.2, 0.25) is 0 Å². The van der Waals surface area contributed by atoms with Crippen LogP contribution in [-0.2, 0) is 7.05 Å². The van der Waals surface area contributed by atoms with E-state index in [0.717, 1.165) is 59.4 Å². The molecular formula is C25H27ClN5P. The number of hydrogen-bond acceptors (Lipinski definition) is 4. The van der Waals surface area contributed by atoms with Crippen LogP contribution >= 0.6 is 19.5 Å². The number of imidazole rings is 1. The first-order chi connectivity index (χ1) is 15.5. The van der Waals surface area contributed by atoms with Crippen molar-refractivity contribution < 1.29 is 0 Å². The van der Waals surface area contributed by atoms with Crippen molar-refractivity contribution in [3.63, 3.8) is 0 Å². The highest BCUT2D eigenvalue weighted by Crippen LogP contribution is 2.33. The molecule has 0 atom stereocenters. The van der Waals surface area contributed by atoms with Gasteiger partial charge in [0.05, 0.1) is 16.1 Å². The molecule has 1 aliphatic heterocycles. The zero-order valence-electron chi connectivity index (χ0n) is 18.7. The number of fused-ring (bicyclic) bond motifs is 1. The molecule has 0 amide bonds. The van der Waals surface area contributed by atoms with E-state index in [1.165, 1.54) is 11.0 Å². The van der Waals surface area contributed by atoms with Crippen LogP contribution in [0.4, 0.5) is 11.5 Å². The summed E-state index contributed by atoms with van der Waals surface area (Å²) in [6, 6.07) is 18.9. The second-order valence-corrected chi connectivity index (χ2v) is 11.1. The summed E-state index contributed by atoms with van der Waals surface area (Å²) in [7, 11) is 1.94. The van der Waals surface area contributed by atoms with E-state index in [4.69, 9.17) is 21.6 Å². The number of benzene rings is 2. The maximum atomic E-state index is 6.62. The zero-order valence-corrected chi connectivity index (χ0v) is 20.3. The number of para-hydroxylation sites is 2. The highest BCUT2D eigenvalue weighted by atomic mass is 35.5. The van der Waals surface area contributed by atoms with Crippen LogP contribution < -0.4 is 15.1 Å². The molecule has 1 aliphatic rings. The maximum Gasteiger partial charge on any atom is 0.142 e. The van der Waals surface area contributed by atoms with Gasteiger partial charge in [0.25, 0.3) is 0 Å². The Bertz CT molecular complexity index is 1240. The fraction of sp³-hybridized carbons (Fsp3) is 0.280. The van der Waals surface area contributed by atoms with Gasteiger partial charge in [-0.3, -0.25) is 0 Å². The normalized spacial score (nSPS) is 14.5.